The maximum atomic E-state index is 15.1. The van der Waals surface area contributed by atoms with Crippen LogP contribution in [0.1, 0.15) is 16.7 Å². The van der Waals surface area contributed by atoms with Crippen molar-refractivity contribution in [1.29, 1.82) is 0 Å². The Balaban J connectivity index is 1.54. The van der Waals surface area contributed by atoms with Gasteiger partial charge in [0.25, 0.3) is 0 Å². The Morgan fingerprint density at radius 3 is 1.87 bits per heavy atom. The highest BCUT2D eigenvalue weighted by Gasteiger charge is 2.32. The molecule has 0 radical (unpaired) electrons. The average Bonchev–Trinajstić information content (AvgIpc) is 3.62. The molecule has 0 aliphatic heterocycles. The van der Waals surface area contributed by atoms with Crippen LogP contribution in [0.15, 0.2) is 108 Å². The molecule has 2 aromatic heterocycles. The van der Waals surface area contributed by atoms with Gasteiger partial charge in [-0.15, -0.1) is 5.10 Å². The van der Waals surface area contributed by atoms with Gasteiger partial charge in [-0.25, -0.2) is 18.1 Å². The number of tetrazole rings is 1. The van der Waals surface area contributed by atoms with Crippen LogP contribution < -0.4 is 19.9 Å². The number of hydrogen-bond donors (Lipinski definition) is 1. The summed E-state index contributed by atoms with van der Waals surface area (Å²) >= 11 is 0. The smallest absolute Gasteiger partial charge is 0.311 e. The number of nitro groups is 1. The summed E-state index contributed by atoms with van der Waals surface area (Å²) in [5.41, 5.74) is 8.27. The second kappa shape index (κ2) is 15.2. The molecular formula is C36H34N8O7S. The summed E-state index contributed by atoms with van der Waals surface area (Å²) in [4.78, 5) is 15.2. The van der Waals surface area contributed by atoms with Crippen LogP contribution in [-0.4, -0.2) is 64.2 Å². The van der Waals surface area contributed by atoms with E-state index in [1.807, 2.05) is 12.1 Å². The summed E-state index contributed by atoms with van der Waals surface area (Å²) in [6, 6.07) is 27.4. The lowest BCUT2D eigenvalue weighted by Gasteiger charge is -2.25. The van der Waals surface area contributed by atoms with E-state index in [2.05, 4.69) is 20.5 Å². The van der Waals surface area contributed by atoms with Crippen molar-refractivity contribution < 1.29 is 27.6 Å². The Morgan fingerprint density at radius 2 is 1.35 bits per heavy atom. The number of methoxy groups -OCH3 is 3. The summed E-state index contributed by atoms with van der Waals surface area (Å²) in [6.45, 7) is 0.156. The first-order valence-electron chi connectivity index (χ1n) is 15.8. The van der Waals surface area contributed by atoms with Crippen LogP contribution in [0.5, 0.6) is 17.2 Å². The average molecular weight is 723 g/mol. The van der Waals surface area contributed by atoms with E-state index in [0.717, 1.165) is 5.56 Å². The molecule has 2 N–H and O–H groups in total. The number of rotatable bonds is 14. The first-order chi connectivity index (χ1) is 25.1. The molecule has 0 spiro atoms. The zero-order valence-corrected chi connectivity index (χ0v) is 29.2. The number of ether oxygens (including phenoxy) is 3. The van der Waals surface area contributed by atoms with Gasteiger partial charge >= 0.3 is 5.69 Å². The topological polar surface area (TPSA) is 191 Å². The van der Waals surface area contributed by atoms with Gasteiger partial charge in [-0.1, -0.05) is 48.5 Å². The van der Waals surface area contributed by atoms with Crippen LogP contribution in [-0.2, 0) is 29.7 Å². The number of hydrogen-bond acceptors (Lipinski definition) is 12. The number of pyridine rings is 1. The summed E-state index contributed by atoms with van der Waals surface area (Å²) in [5, 5.41) is 24.3. The number of nitrogen functional groups attached to an aromatic ring is 1. The molecule has 0 fully saturated rings. The van der Waals surface area contributed by atoms with Crippen LogP contribution in [0.2, 0.25) is 0 Å². The van der Waals surface area contributed by atoms with Gasteiger partial charge in [-0.3, -0.25) is 10.1 Å². The number of benzene rings is 4. The molecule has 15 nitrogen and oxygen atoms in total. The van der Waals surface area contributed by atoms with E-state index in [4.69, 9.17) is 19.9 Å². The van der Waals surface area contributed by atoms with Gasteiger partial charge in [0.15, 0.2) is 5.82 Å². The summed E-state index contributed by atoms with van der Waals surface area (Å²) < 4.78 is 48.9. The zero-order valence-electron chi connectivity index (χ0n) is 28.4. The fraction of sp³-hybridized carbons (Fsp3) is 0.167. The third-order valence-electron chi connectivity index (χ3n) is 8.33. The molecule has 0 amide bonds. The van der Waals surface area contributed by atoms with Crippen molar-refractivity contribution in [3.63, 3.8) is 0 Å². The standard InChI is InChI=1S/C36H34N8O7S/c1-49-28-13-7-24(8-14-28)21-42(22-25-9-15-29(50-2)16-10-25)52(47,48)33-6-4-5-31(27-19-32(44(45)46)35(37)38-20-27)34(33)36-39-40-41-43(36)23-26-11-17-30(51-3)18-12-26/h4-20H,21-23H2,1-3H3,(H2,37,38). The normalized spacial score (nSPS) is 11.4. The molecular weight excluding hydrogens is 689 g/mol. The van der Waals surface area contributed by atoms with E-state index in [-0.39, 0.29) is 52.9 Å². The first kappa shape index (κ1) is 35.4. The lowest BCUT2D eigenvalue weighted by Crippen LogP contribution is -2.31. The Morgan fingerprint density at radius 1 is 0.808 bits per heavy atom. The number of sulfonamides is 1. The first-order valence-corrected chi connectivity index (χ1v) is 17.2. The van der Waals surface area contributed by atoms with E-state index in [0.29, 0.717) is 28.4 Å². The molecule has 52 heavy (non-hydrogen) atoms. The van der Waals surface area contributed by atoms with Gasteiger partial charge < -0.3 is 19.9 Å². The summed E-state index contributed by atoms with van der Waals surface area (Å²) in [5.74, 6) is 1.73. The van der Waals surface area contributed by atoms with Crippen LogP contribution >= 0.6 is 0 Å². The number of anilines is 1. The van der Waals surface area contributed by atoms with E-state index in [1.165, 1.54) is 27.3 Å². The van der Waals surface area contributed by atoms with Crippen molar-refractivity contribution in [3.8, 4) is 39.8 Å². The van der Waals surface area contributed by atoms with E-state index < -0.39 is 20.6 Å². The van der Waals surface area contributed by atoms with Crippen LogP contribution in [0.25, 0.3) is 22.5 Å². The molecule has 0 aliphatic rings. The van der Waals surface area contributed by atoms with Gasteiger partial charge in [0.2, 0.25) is 15.8 Å². The predicted molar refractivity (Wildman–Crippen MR) is 192 cm³/mol. The SMILES string of the molecule is COc1ccc(CN(Cc2ccc(OC)cc2)S(=O)(=O)c2cccc(-c3cnc(N)c([N+](=O)[O-])c3)c2-c2nnnn2Cc2ccc(OC)cc2)cc1. The molecule has 0 aliphatic carbocycles. The van der Waals surface area contributed by atoms with Crippen LogP contribution in [0, 0.1) is 10.1 Å². The van der Waals surface area contributed by atoms with E-state index in [1.54, 1.807) is 94.1 Å². The molecule has 4 aromatic carbocycles. The fourth-order valence-corrected chi connectivity index (χ4v) is 7.23. The lowest BCUT2D eigenvalue weighted by molar-refractivity contribution is -0.384. The van der Waals surface area contributed by atoms with Crippen molar-refractivity contribution in [2.24, 2.45) is 0 Å². The van der Waals surface area contributed by atoms with Crippen molar-refractivity contribution in [1.82, 2.24) is 29.5 Å². The molecule has 0 atom stereocenters. The third kappa shape index (κ3) is 7.52. The van der Waals surface area contributed by atoms with Crippen LogP contribution in [0.4, 0.5) is 11.5 Å². The van der Waals surface area contributed by atoms with Gasteiger partial charge in [0.1, 0.15) is 17.2 Å². The van der Waals surface area contributed by atoms with Gasteiger partial charge in [0.05, 0.1) is 37.7 Å². The minimum absolute atomic E-state index is 0.00624. The van der Waals surface area contributed by atoms with Crippen molar-refractivity contribution >= 4 is 21.5 Å². The molecule has 266 valence electrons. The molecule has 0 saturated heterocycles. The molecule has 0 saturated carbocycles. The third-order valence-corrected chi connectivity index (χ3v) is 10.2. The maximum Gasteiger partial charge on any atom is 0.311 e. The molecule has 16 heteroatoms. The second-order valence-electron chi connectivity index (χ2n) is 11.5. The lowest BCUT2D eigenvalue weighted by atomic mass is 10.00. The molecule has 0 bridgehead atoms. The molecule has 6 aromatic rings. The quantitative estimate of drug-likeness (QED) is 0.112. The minimum Gasteiger partial charge on any atom is -0.497 e. The molecule has 0 unspecified atom stereocenters. The molecule has 6 rings (SSSR count). The number of nitrogens with two attached hydrogens (primary N) is 1. The second-order valence-corrected chi connectivity index (χ2v) is 13.4. The van der Waals surface area contributed by atoms with Crippen molar-refractivity contribution in [2.45, 2.75) is 24.5 Å². The number of nitrogens with zero attached hydrogens (tertiary/aromatic N) is 7. The van der Waals surface area contributed by atoms with Gasteiger partial charge in [-0.05, 0) is 75.1 Å². The largest absolute Gasteiger partial charge is 0.497 e. The van der Waals surface area contributed by atoms with Crippen molar-refractivity contribution in [3.05, 3.63) is 130 Å². The maximum absolute atomic E-state index is 15.1. The van der Waals surface area contributed by atoms with Crippen molar-refractivity contribution in [2.75, 3.05) is 27.1 Å². The number of aromatic nitrogens is 5. The summed E-state index contributed by atoms with van der Waals surface area (Å²) in [6.07, 6.45) is 1.35. The highest BCUT2D eigenvalue weighted by molar-refractivity contribution is 7.89. The fourth-order valence-electron chi connectivity index (χ4n) is 5.60. The zero-order chi connectivity index (χ0) is 36.8. The van der Waals surface area contributed by atoms with Gasteiger partial charge in [-0.2, -0.15) is 4.31 Å². The summed E-state index contributed by atoms with van der Waals surface area (Å²) in [7, 11) is 0.289. The highest BCUT2D eigenvalue weighted by atomic mass is 32.2. The highest BCUT2D eigenvalue weighted by Crippen LogP contribution is 2.39. The monoisotopic (exact) mass is 722 g/mol. The van der Waals surface area contributed by atoms with Gasteiger partial charge in [0, 0.05) is 36.5 Å². The minimum atomic E-state index is -4.38. The Labute approximate surface area is 299 Å². The Bertz CT molecular complexity index is 2250. The predicted octanol–water partition coefficient (Wildman–Crippen LogP) is 5.36. The van der Waals surface area contributed by atoms with E-state index >= 15 is 8.42 Å². The Hall–Kier alpha value is -6.39. The van der Waals surface area contributed by atoms with Crippen LogP contribution in [0.3, 0.4) is 0 Å². The Kier molecular flexibility index (Phi) is 10.4. The molecule has 2 heterocycles. The van der Waals surface area contributed by atoms with E-state index in [9.17, 15) is 10.1 Å².